The molecule has 0 aliphatic heterocycles. The van der Waals surface area contributed by atoms with Crippen LogP contribution < -0.4 is 15.4 Å². The lowest BCUT2D eigenvalue weighted by molar-refractivity contribution is -0.115. The molecule has 0 saturated heterocycles. The van der Waals surface area contributed by atoms with Crippen LogP contribution in [-0.2, 0) is 4.79 Å². The quantitative estimate of drug-likeness (QED) is 0.648. The van der Waals surface area contributed by atoms with Gasteiger partial charge in [-0.2, -0.15) is 0 Å². The minimum absolute atomic E-state index is 0.170. The van der Waals surface area contributed by atoms with E-state index in [9.17, 15) is 9.59 Å². The highest BCUT2D eigenvalue weighted by Crippen LogP contribution is 2.43. The number of halogens is 2. The van der Waals surface area contributed by atoms with Gasteiger partial charge in [0.25, 0.3) is 5.91 Å². The molecule has 1 heterocycles. The molecule has 8 heteroatoms. The Bertz CT molecular complexity index is 973. The maximum Gasteiger partial charge on any atom is 0.263 e. The number of benzene rings is 2. The van der Waals surface area contributed by atoms with Crippen LogP contribution in [-0.4, -0.2) is 25.5 Å². The van der Waals surface area contributed by atoms with Gasteiger partial charge in [-0.15, -0.1) is 11.3 Å². The normalized spacial score (nSPS) is 10.6. The van der Waals surface area contributed by atoms with Crippen LogP contribution in [0, 0.1) is 0 Å². The Labute approximate surface area is 163 Å². The second-order valence-corrected chi connectivity index (χ2v) is 7.11. The monoisotopic (exact) mass is 408 g/mol. The fraction of sp³-hybridized carbons (Fsp3) is 0.111. The van der Waals surface area contributed by atoms with Crippen molar-refractivity contribution in [1.29, 1.82) is 0 Å². The zero-order valence-electron chi connectivity index (χ0n) is 13.6. The summed E-state index contributed by atoms with van der Waals surface area (Å²) in [4.78, 5) is 24.7. The molecule has 0 aliphatic rings. The first-order valence-corrected chi connectivity index (χ1v) is 9.16. The predicted octanol–water partition coefficient (Wildman–Crippen LogP) is 4.59. The molecular weight excluding hydrogens is 395 g/mol. The number of carbonyl (C=O) groups excluding carboxylic acids is 2. The van der Waals surface area contributed by atoms with Crippen LogP contribution >= 0.6 is 34.5 Å². The zero-order chi connectivity index (χ0) is 18.7. The van der Waals surface area contributed by atoms with E-state index in [1.54, 1.807) is 24.3 Å². The summed E-state index contributed by atoms with van der Waals surface area (Å²) < 4.78 is 5.98. The summed E-state index contributed by atoms with van der Waals surface area (Å²) >= 11 is 13.6. The molecule has 3 aromatic rings. The molecule has 1 aromatic heterocycles. The molecule has 0 fully saturated rings. The van der Waals surface area contributed by atoms with Gasteiger partial charge in [0.05, 0.1) is 28.4 Å². The van der Waals surface area contributed by atoms with Crippen molar-refractivity contribution in [3.05, 3.63) is 57.4 Å². The lowest BCUT2D eigenvalue weighted by Gasteiger charge is -2.06. The lowest BCUT2D eigenvalue weighted by Crippen LogP contribution is -2.32. The van der Waals surface area contributed by atoms with Gasteiger partial charge < -0.3 is 15.4 Å². The number of carbonyl (C=O) groups is 2. The van der Waals surface area contributed by atoms with Crippen LogP contribution in [0.5, 0.6) is 5.75 Å². The van der Waals surface area contributed by atoms with Crippen molar-refractivity contribution in [2.24, 2.45) is 0 Å². The number of fused-ring (bicyclic) bond motifs is 1. The molecule has 2 N–H and O–H groups in total. The highest BCUT2D eigenvalue weighted by Gasteiger charge is 2.21. The Morgan fingerprint density at radius 1 is 1.12 bits per heavy atom. The van der Waals surface area contributed by atoms with Gasteiger partial charge in [0.15, 0.2) is 5.75 Å². The molecule has 0 radical (unpaired) electrons. The van der Waals surface area contributed by atoms with Crippen LogP contribution in [0.25, 0.3) is 10.1 Å². The first-order valence-electron chi connectivity index (χ1n) is 7.59. The third kappa shape index (κ3) is 3.77. The summed E-state index contributed by atoms with van der Waals surface area (Å²) in [6.45, 7) is -0.170. The van der Waals surface area contributed by atoms with Gasteiger partial charge in [0.1, 0.15) is 4.88 Å². The summed E-state index contributed by atoms with van der Waals surface area (Å²) in [6, 6.07) is 12.4. The summed E-state index contributed by atoms with van der Waals surface area (Å²) in [5.74, 6) is -0.295. The van der Waals surface area contributed by atoms with E-state index in [1.165, 1.54) is 18.4 Å². The molecular formula is C18H14Cl2N2O3S. The number of nitrogens with one attached hydrogen (secondary N) is 2. The van der Waals surface area contributed by atoms with Gasteiger partial charge in [-0.05, 0) is 18.2 Å². The van der Waals surface area contributed by atoms with Crippen molar-refractivity contribution in [2.75, 3.05) is 19.0 Å². The molecule has 2 aromatic carbocycles. The SMILES string of the molecule is COc1c(Cl)ccc2c(Cl)c(C(=O)NCC(=O)Nc3ccccc3)sc12. The number of rotatable bonds is 5. The first-order chi connectivity index (χ1) is 12.5. The van der Waals surface area contributed by atoms with Gasteiger partial charge >= 0.3 is 0 Å². The molecule has 0 unspecified atom stereocenters. The third-order valence-electron chi connectivity index (χ3n) is 3.58. The number of hydrogen-bond donors (Lipinski definition) is 2. The number of hydrogen-bond acceptors (Lipinski definition) is 4. The van der Waals surface area contributed by atoms with E-state index >= 15 is 0 Å². The predicted molar refractivity (Wildman–Crippen MR) is 106 cm³/mol. The smallest absolute Gasteiger partial charge is 0.263 e. The molecule has 0 spiro atoms. The Morgan fingerprint density at radius 3 is 2.54 bits per heavy atom. The van der Waals surface area contributed by atoms with Crippen LogP contribution in [0.15, 0.2) is 42.5 Å². The number of amides is 2. The fourth-order valence-corrected chi connectivity index (χ4v) is 4.23. The molecule has 134 valence electrons. The van der Waals surface area contributed by atoms with Gasteiger partial charge in [-0.3, -0.25) is 9.59 Å². The maximum atomic E-state index is 12.4. The van der Waals surface area contributed by atoms with Gasteiger partial charge in [0.2, 0.25) is 5.91 Å². The number of methoxy groups -OCH3 is 1. The van der Waals surface area contributed by atoms with E-state index < -0.39 is 5.91 Å². The lowest BCUT2D eigenvalue weighted by atomic mass is 10.2. The van der Waals surface area contributed by atoms with Crippen molar-refractivity contribution in [1.82, 2.24) is 5.32 Å². The van der Waals surface area contributed by atoms with Crippen molar-refractivity contribution >= 4 is 62.1 Å². The Hall–Kier alpha value is -2.28. The fourth-order valence-electron chi connectivity index (χ4n) is 2.39. The number of anilines is 1. The average Bonchev–Trinajstić information content (AvgIpc) is 2.97. The van der Waals surface area contributed by atoms with E-state index in [1.807, 2.05) is 18.2 Å². The summed E-state index contributed by atoms with van der Waals surface area (Å²) in [6.07, 6.45) is 0. The van der Waals surface area contributed by atoms with Crippen molar-refractivity contribution in [3.63, 3.8) is 0 Å². The summed E-state index contributed by atoms with van der Waals surface area (Å²) in [5.41, 5.74) is 0.658. The molecule has 26 heavy (non-hydrogen) atoms. The molecule has 0 atom stereocenters. The Balaban J connectivity index is 1.74. The van der Waals surface area contributed by atoms with Crippen LogP contribution in [0.2, 0.25) is 10.0 Å². The zero-order valence-corrected chi connectivity index (χ0v) is 16.0. The van der Waals surface area contributed by atoms with Gasteiger partial charge in [-0.25, -0.2) is 0 Å². The van der Waals surface area contributed by atoms with Crippen molar-refractivity contribution in [3.8, 4) is 5.75 Å². The molecule has 0 saturated carbocycles. The van der Waals surface area contributed by atoms with Crippen LogP contribution in [0.1, 0.15) is 9.67 Å². The summed E-state index contributed by atoms with van der Waals surface area (Å²) in [5, 5.41) is 6.69. The Morgan fingerprint density at radius 2 is 1.85 bits per heavy atom. The molecule has 0 bridgehead atoms. The summed E-state index contributed by atoms with van der Waals surface area (Å²) in [7, 11) is 1.50. The number of ether oxygens (including phenoxy) is 1. The van der Waals surface area contributed by atoms with Gasteiger partial charge in [-0.1, -0.05) is 47.5 Å². The van der Waals surface area contributed by atoms with Crippen molar-refractivity contribution < 1.29 is 14.3 Å². The highest BCUT2D eigenvalue weighted by atomic mass is 35.5. The van der Waals surface area contributed by atoms with E-state index in [0.717, 1.165) is 0 Å². The largest absolute Gasteiger partial charge is 0.494 e. The molecule has 2 amide bonds. The number of thiophene rings is 1. The average molecular weight is 409 g/mol. The minimum atomic E-state index is -0.433. The number of para-hydroxylation sites is 1. The highest BCUT2D eigenvalue weighted by molar-refractivity contribution is 7.22. The Kier molecular flexibility index (Phi) is 5.66. The standard InChI is InChI=1S/C18H14Cl2N2O3S/c1-25-15-12(19)8-7-11-14(20)17(26-16(11)15)18(24)21-9-13(23)22-10-5-3-2-4-6-10/h2-8H,9H2,1H3,(H,21,24)(H,22,23). The van der Waals surface area contributed by atoms with E-state index in [-0.39, 0.29) is 12.5 Å². The first kappa shape index (κ1) is 18.5. The molecule has 3 rings (SSSR count). The van der Waals surface area contributed by atoms with Crippen LogP contribution in [0.4, 0.5) is 5.69 Å². The van der Waals surface area contributed by atoms with E-state index in [2.05, 4.69) is 10.6 Å². The second-order valence-electron chi connectivity index (χ2n) is 5.30. The second kappa shape index (κ2) is 7.95. The minimum Gasteiger partial charge on any atom is -0.494 e. The maximum absolute atomic E-state index is 12.4. The topological polar surface area (TPSA) is 67.4 Å². The van der Waals surface area contributed by atoms with Crippen molar-refractivity contribution in [2.45, 2.75) is 0 Å². The van der Waals surface area contributed by atoms with Gasteiger partial charge in [0, 0.05) is 11.1 Å². The molecule has 0 aliphatic carbocycles. The van der Waals surface area contributed by atoms with E-state index in [4.69, 9.17) is 27.9 Å². The third-order valence-corrected chi connectivity index (χ3v) is 5.59. The van der Waals surface area contributed by atoms with Crippen LogP contribution in [0.3, 0.4) is 0 Å². The van der Waals surface area contributed by atoms with E-state index in [0.29, 0.717) is 36.4 Å². The molecule has 5 nitrogen and oxygen atoms in total.